The summed E-state index contributed by atoms with van der Waals surface area (Å²) < 4.78 is 13.6. The van der Waals surface area contributed by atoms with Crippen LogP contribution in [0.15, 0.2) is 42.6 Å². The van der Waals surface area contributed by atoms with E-state index in [1.165, 1.54) is 11.3 Å². The van der Waals surface area contributed by atoms with Crippen molar-refractivity contribution in [1.82, 2.24) is 19.9 Å². The van der Waals surface area contributed by atoms with Crippen LogP contribution in [0.5, 0.6) is 0 Å². The predicted octanol–water partition coefficient (Wildman–Crippen LogP) is 2.14. The molecule has 0 radical (unpaired) electrons. The second-order valence-corrected chi connectivity index (χ2v) is 11.6. The van der Waals surface area contributed by atoms with Crippen LogP contribution in [-0.2, 0) is 20.5 Å². The summed E-state index contributed by atoms with van der Waals surface area (Å²) >= 11 is 0. The maximum absolute atomic E-state index is 6.37. The van der Waals surface area contributed by atoms with Gasteiger partial charge in [0.25, 0.3) is 0 Å². The molecule has 3 unspecified atom stereocenters. The van der Waals surface area contributed by atoms with Crippen LogP contribution in [0.1, 0.15) is 36.7 Å². The number of aromatic nitrogens is 3. The van der Waals surface area contributed by atoms with E-state index in [2.05, 4.69) is 66.7 Å². The van der Waals surface area contributed by atoms with Gasteiger partial charge in [0.15, 0.2) is 11.5 Å². The normalized spacial score (nSPS) is 33.2. The zero-order valence-corrected chi connectivity index (χ0v) is 20.5. The van der Waals surface area contributed by atoms with Crippen LogP contribution >= 0.6 is 0 Å². The quantitative estimate of drug-likeness (QED) is 0.566. The Bertz CT molecular complexity index is 1270. The van der Waals surface area contributed by atoms with Crippen molar-refractivity contribution in [3.8, 4) is 0 Å². The summed E-state index contributed by atoms with van der Waals surface area (Å²) in [7, 11) is 0. The lowest BCUT2D eigenvalue weighted by Crippen LogP contribution is -2.67. The number of rotatable bonds is 6. The number of hydrogen-bond acceptors (Lipinski definition) is 7. The zero-order valence-electron chi connectivity index (χ0n) is 20.5. The van der Waals surface area contributed by atoms with Gasteiger partial charge in [0.05, 0.1) is 37.2 Å². The fourth-order valence-corrected chi connectivity index (χ4v) is 6.56. The molecular weight excluding hydrogens is 440 g/mol. The number of nitrogens with one attached hydrogen (secondary N) is 1. The van der Waals surface area contributed by atoms with Gasteiger partial charge < -0.3 is 25.4 Å². The van der Waals surface area contributed by atoms with Gasteiger partial charge in [-0.2, -0.15) is 0 Å². The molecule has 4 saturated heterocycles. The lowest BCUT2D eigenvalue weighted by atomic mass is 9.68. The summed E-state index contributed by atoms with van der Waals surface area (Å²) in [5.41, 5.74) is 10.5. The standard InChI is InChI=1S/C27H34N6O2/c1-18-10-21(32-9-8-25(2,15-32)20-6-4-3-5-7-20)12-33-23(18)30-24(31-33)27-11-19(13-35-27)22(27)29-14-26(28)16-34-17-26/h3-7,10,12,19,22,29H,8-9,11,13-17,28H2,1-2H3/t19?,22?,25-,27?/m0/s1. The first-order valence-electron chi connectivity index (χ1n) is 12.8. The highest BCUT2D eigenvalue weighted by Gasteiger charge is 2.64. The molecule has 184 valence electrons. The second-order valence-electron chi connectivity index (χ2n) is 11.6. The highest BCUT2D eigenvalue weighted by atomic mass is 16.5. The van der Waals surface area contributed by atoms with Crippen LogP contribution in [0.2, 0.25) is 0 Å². The summed E-state index contributed by atoms with van der Waals surface area (Å²) in [5.74, 6) is 1.28. The Morgan fingerprint density at radius 3 is 2.80 bits per heavy atom. The fourth-order valence-electron chi connectivity index (χ4n) is 6.56. The molecule has 8 nitrogen and oxygen atoms in total. The number of nitrogens with two attached hydrogens (primary N) is 1. The van der Waals surface area contributed by atoms with E-state index in [1.807, 2.05) is 4.52 Å². The van der Waals surface area contributed by atoms with Gasteiger partial charge in [-0.25, -0.2) is 9.50 Å². The van der Waals surface area contributed by atoms with Crippen LogP contribution < -0.4 is 16.0 Å². The Hall–Kier alpha value is -2.52. The Balaban J connectivity index is 1.15. The van der Waals surface area contributed by atoms with Gasteiger partial charge in [0.2, 0.25) is 0 Å². The summed E-state index contributed by atoms with van der Waals surface area (Å²) in [6, 6.07) is 13.3. The average Bonchev–Trinajstić information content (AvgIpc) is 3.60. The lowest BCUT2D eigenvalue weighted by Gasteiger charge is -2.46. The largest absolute Gasteiger partial charge is 0.377 e. The Kier molecular flexibility index (Phi) is 4.65. The molecule has 5 fully saturated rings. The third-order valence-electron chi connectivity index (χ3n) is 8.84. The number of aryl methyl sites for hydroxylation is 1. The van der Waals surface area contributed by atoms with Crippen molar-refractivity contribution in [3.05, 3.63) is 59.5 Å². The van der Waals surface area contributed by atoms with Crippen LogP contribution in [0, 0.1) is 12.8 Å². The van der Waals surface area contributed by atoms with Crippen molar-refractivity contribution in [2.75, 3.05) is 44.4 Å². The van der Waals surface area contributed by atoms with Gasteiger partial charge in [-0.05, 0) is 37.0 Å². The number of fused-ring (bicyclic) bond motifs is 2. The zero-order chi connectivity index (χ0) is 23.8. The number of pyridine rings is 1. The highest BCUT2D eigenvalue weighted by molar-refractivity contribution is 5.58. The van der Waals surface area contributed by atoms with Crippen molar-refractivity contribution in [2.45, 2.75) is 49.3 Å². The van der Waals surface area contributed by atoms with E-state index < -0.39 is 5.60 Å². The van der Waals surface area contributed by atoms with E-state index >= 15 is 0 Å². The number of ether oxygens (including phenoxy) is 2. The monoisotopic (exact) mass is 474 g/mol. The van der Waals surface area contributed by atoms with Crippen molar-refractivity contribution in [3.63, 3.8) is 0 Å². The molecule has 2 aromatic heterocycles. The maximum Gasteiger partial charge on any atom is 0.185 e. The molecule has 4 atom stereocenters. The number of hydrogen-bond donors (Lipinski definition) is 2. The first kappa shape index (κ1) is 21.7. The SMILES string of the molecule is Cc1cc(N2CC[C@](C)(c3ccccc3)C2)cn2nc(C34CC(CO3)C4NCC3(N)COC3)nc12. The molecule has 5 aliphatic rings. The minimum Gasteiger partial charge on any atom is -0.377 e. The van der Waals surface area contributed by atoms with Crippen molar-refractivity contribution in [1.29, 1.82) is 0 Å². The van der Waals surface area contributed by atoms with Crippen molar-refractivity contribution >= 4 is 11.3 Å². The molecule has 8 rings (SSSR count). The lowest BCUT2D eigenvalue weighted by molar-refractivity contribution is -0.0713. The smallest absolute Gasteiger partial charge is 0.185 e. The number of anilines is 1. The first-order chi connectivity index (χ1) is 16.9. The Labute approximate surface area is 205 Å². The third kappa shape index (κ3) is 3.27. The molecular formula is C27H34N6O2. The highest BCUT2D eigenvalue weighted by Crippen LogP contribution is 2.54. The molecule has 3 aromatic rings. The van der Waals surface area contributed by atoms with Crippen molar-refractivity contribution < 1.29 is 9.47 Å². The van der Waals surface area contributed by atoms with E-state index in [4.69, 9.17) is 25.3 Å². The molecule has 0 spiro atoms. The molecule has 3 N–H and O–H groups in total. The summed E-state index contributed by atoms with van der Waals surface area (Å²) in [6.45, 7) is 9.23. The Morgan fingerprint density at radius 2 is 2.06 bits per heavy atom. The summed E-state index contributed by atoms with van der Waals surface area (Å²) in [6.07, 6.45) is 4.24. The van der Waals surface area contributed by atoms with Gasteiger partial charge in [-0.15, -0.1) is 5.10 Å². The minimum absolute atomic E-state index is 0.153. The topological polar surface area (TPSA) is 89.9 Å². The van der Waals surface area contributed by atoms with Crippen molar-refractivity contribution in [2.24, 2.45) is 11.7 Å². The molecule has 8 heteroatoms. The average molecular weight is 475 g/mol. The van der Waals surface area contributed by atoms with E-state index in [0.717, 1.165) is 56.1 Å². The summed E-state index contributed by atoms with van der Waals surface area (Å²) in [5, 5.41) is 8.65. The third-order valence-corrected chi connectivity index (χ3v) is 8.84. The van der Waals surface area contributed by atoms with E-state index in [0.29, 0.717) is 19.1 Å². The number of benzene rings is 1. The van der Waals surface area contributed by atoms with E-state index in [-0.39, 0.29) is 17.0 Å². The molecule has 1 saturated carbocycles. The second kappa shape index (κ2) is 7.49. The van der Waals surface area contributed by atoms with Gasteiger partial charge in [0, 0.05) is 37.0 Å². The molecule has 1 aromatic carbocycles. The molecule has 35 heavy (non-hydrogen) atoms. The maximum atomic E-state index is 6.37. The Morgan fingerprint density at radius 1 is 1.23 bits per heavy atom. The predicted molar refractivity (Wildman–Crippen MR) is 134 cm³/mol. The van der Waals surface area contributed by atoms with E-state index in [1.54, 1.807) is 0 Å². The minimum atomic E-state index is -0.455. The molecule has 1 aliphatic carbocycles. The molecule has 4 aliphatic heterocycles. The van der Waals surface area contributed by atoms with Crippen LogP contribution in [0.4, 0.5) is 5.69 Å². The molecule has 0 amide bonds. The fraction of sp³-hybridized carbons (Fsp3) is 0.556. The summed E-state index contributed by atoms with van der Waals surface area (Å²) in [4.78, 5) is 7.47. The number of nitrogens with zero attached hydrogens (tertiary/aromatic N) is 4. The van der Waals surface area contributed by atoms with Gasteiger partial charge in [-0.3, -0.25) is 0 Å². The van der Waals surface area contributed by atoms with Gasteiger partial charge in [0.1, 0.15) is 5.60 Å². The molecule has 6 heterocycles. The van der Waals surface area contributed by atoms with Crippen LogP contribution in [0.25, 0.3) is 5.65 Å². The van der Waals surface area contributed by atoms with Crippen LogP contribution in [-0.4, -0.2) is 65.6 Å². The van der Waals surface area contributed by atoms with E-state index in [9.17, 15) is 0 Å². The first-order valence-corrected chi connectivity index (χ1v) is 12.8. The van der Waals surface area contributed by atoms with Crippen LogP contribution in [0.3, 0.4) is 0 Å². The molecule has 2 bridgehead atoms. The van der Waals surface area contributed by atoms with Gasteiger partial charge >= 0.3 is 0 Å². The van der Waals surface area contributed by atoms with Gasteiger partial charge in [-0.1, -0.05) is 37.3 Å².